The maximum Gasteiger partial charge on any atom is 0.122 e. The van der Waals surface area contributed by atoms with Gasteiger partial charge in [0.1, 0.15) is 11.6 Å². The van der Waals surface area contributed by atoms with Crippen molar-refractivity contribution in [3.63, 3.8) is 0 Å². The molecule has 0 spiro atoms. The Morgan fingerprint density at radius 1 is 1.44 bits per heavy atom. The van der Waals surface area contributed by atoms with Gasteiger partial charge in [-0.2, -0.15) is 11.8 Å². The van der Waals surface area contributed by atoms with Crippen molar-refractivity contribution in [3.05, 3.63) is 29.8 Å². The van der Waals surface area contributed by atoms with Crippen LogP contribution in [0.5, 0.6) is 5.75 Å². The maximum absolute atomic E-state index is 8.77. The number of aliphatic hydroxyl groups excluding tert-OH is 1. The fourth-order valence-electron chi connectivity index (χ4n) is 1.40. The molecule has 0 fully saturated rings. The molecule has 4 nitrogen and oxygen atoms in total. The molecular weight excluding hydrogens is 248 g/mol. The summed E-state index contributed by atoms with van der Waals surface area (Å²) in [5, 5.41) is 16.5. The van der Waals surface area contributed by atoms with E-state index in [4.69, 9.17) is 21.0 Å². The van der Waals surface area contributed by atoms with E-state index in [0.717, 1.165) is 17.9 Å². The molecule has 0 aliphatic heterocycles. The molecule has 1 unspecified atom stereocenters. The summed E-state index contributed by atoms with van der Waals surface area (Å²) in [6.07, 6.45) is 0.817. The summed E-state index contributed by atoms with van der Waals surface area (Å²) in [5.41, 5.74) is 6.07. The van der Waals surface area contributed by atoms with Crippen molar-refractivity contribution in [2.24, 2.45) is 5.73 Å². The molecule has 18 heavy (non-hydrogen) atoms. The monoisotopic (exact) mass is 268 g/mol. The fraction of sp³-hybridized carbons (Fsp3) is 0.462. The predicted molar refractivity (Wildman–Crippen MR) is 76.6 cm³/mol. The van der Waals surface area contributed by atoms with Gasteiger partial charge in [-0.15, -0.1) is 0 Å². The van der Waals surface area contributed by atoms with Crippen LogP contribution in [0.3, 0.4) is 0 Å². The molecule has 5 heteroatoms. The lowest BCUT2D eigenvalue weighted by Crippen LogP contribution is -2.10. The van der Waals surface area contributed by atoms with Gasteiger partial charge in [0.25, 0.3) is 0 Å². The minimum Gasteiger partial charge on any atom is -0.493 e. The molecule has 0 aliphatic rings. The van der Waals surface area contributed by atoms with Crippen LogP contribution in [-0.4, -0.2) is 35.2 Å². The summed E-state index contributed by atoms with van der Waals surface area (Å²) in [5.74, 6) is 1.75. The summed E-state index contributed by atoms with van der Waals surface area (Å²) in [4.78, 5) is 0. The SMILES string of the molecule is CC(CCO)SCCOc1ccc(C(=N)N)cc1. The number of nitrogens with two attached hydrogens (primary N) is 1. The molecule has 0 bridgehead atoms. The molecule has 1 aromatic rings. The Labute approximate surface area is 112 Å². The average Bonchev–Trinajstić information content (AvgIpc) is 2.35. The first-order valence-electron chi connectivity index (χ1n) is 5.93. The van der Waals surface area contributed by atoms with E-state index >= 15 is 0 Å². The summed E-state index contributed by atoms with van der Waals surface area (Å²) < 4.78 is 5.57. The Balaban J connectivity index is 2.25. The van der Waals surface area contributed by atoms with Gasteiger partial charge >= 0.3 is 0 Å². The number of thioether (sulfide) groups is 1. The van der Waals surface area contributed by atoms with Crippen LogP contribution in [0, 0.1) is 5.41 Å². The Hall–Kier alpha value is -1.20. The Morgan fingerprint density at radius 2 is 2.11 bits per heavy atom. The third-order valence-corrected chi connectivity index (χ3v) is 3.66. The van der Waals surface area contributed by atoms with E-state index in [1.165, 1.54) is 0 Å². The zero-order valence-corrected chi connectivity index (χ0v) is 11.4. The van der Waals surface area contributed by atoms with Crippen molar-refractivity contribution < 1.29 is 9.84 Å². The summed E-state index contributed by atoms with van der Waals surface area (Å²) >= 11 is 1.79. The lowest BCUT2D eigenvalue weighted by molar-refractivity contribution is 0.288. The second-order valence-electron chi connectivity index (χ2n) is 3.98. The number of ether oxygens (including phenoxy) is 1. The van der Waals surface area contributed by atoms with E-state index in [9.17, 15) is 0 Å². The van der Waals surface area contributed by atoms with Gasteiger partial charge in [-0.1, -0.05) is 6.92 Å². The summed E-state index contributed by atoms with van der Waals surface area (Å²) in [6, 6.07) is 7.19. The average molecular weight is 268 g/mol. The highest BCUT2D eigenvalue weighted by Gasteiger charge is 2.02. The van der Waals surface area contributed by atoms with Crippen LogP contribution in [-0.2, 0) is 0 Å². The second-order valence-corrected chi connectivity index (χ2v) is 5.53. The highest BCUT2D eigenvalue weighted by atomic mass is 32.2. The summed E-state index contributed by atoms with van der Waals surface area (Å²) in [7, 11) is 0. The van der Waals surface area contributed by atoms with Crippen molar-refractivity contribution in [1.29, 1.82) is 5.41 Å². The van der Waals surface area contributed by atoms with Crippen molar-refractivity contribution in [1.82, 2.24) is 0 Å². The Morgan fingerprint density at radius 3 is 2.67 bits per heavy atom. The van der Waals surface area contributed by atoms with Gasteiger partial charge in [0, 0.05) is 23.2 Å². The lowest BCUT2D eigenvalue weighted by Gasteiger charge is -2.10. The van der Waals surface area contributed by atoms with Gasteiger partial charge in [-0.3, -0.25) is 5.41 Å². The first-order valence-corrected chi connectivity index (χ1v) is 6.98. The molecule has 0 saturated carbocycles. The smallest absolute Gasteiger partial charge is 0.122 e. The van der Waals surface area contributed by atoms with E-state index in [0.29, 0.717) is 17.4 Å². The van der Waals surface area contributed by atoms with E-state index in [2.05, 4.69) is 6.92 Å². The number of hydrogen-bond acceptors (Lipinski definition) is 4. The van der Waals surface area contributed by atoms with Crippen LogP contribution in [0.2, 0.25) is 0 Å². The number of hydrogen-bond donors (Lipinski definition) is 3. The molecule has 1 aromatic carbocycles. The predicted octanol–water partition coefficient (Wildman–Crippen LogP) is 1.85. The van der Waals surface area contributed by atoms with Gasteiger partial charge in [0.15, 0.2) is 0 Å². The fourth-order valence-corrected chi connectivity index (χ4v) is 2.26. The largest absolute Gasteiger partial charge is 0.493 e. The lowest BCUT2D eigenvalue weighted by atomic mass is 10.2. The second kappa shape index (κ2) is 8.00. The van der Waals surface area contributed by atoms with Crippen LogP contribution in [0.1, 0.15) is 18.9 Å². The van der Waals surface area contributed by atoms with Crippen LogP contribution in [0.4, 0.5) is 0 Å². The third kappa shape index (κ3) is 5.42. The first-order chi connectivity index (χ1) is 8.63. The van der Waals surface area contributed by atoms with E-state index in [1.54, 1.807) is 23.9 Å². The van der Waals surface area contributed by atoms with Gasteiger partial charge in [-0.25, -0.2) is 0 Å². The number of aliphatic hydroxyl groups is 1. The van der Waals surface area contributed by atoms with Gasteiger partial charge in [-0.05, 0) is 30.7 Å². The maximum atomic E-state index is 8.77. The molecular formula is C13H20N2O2S. The molecule has 0 amide bonds. The number of nitrogen functional groups attached to an aromatic ring is 1. The standard InChI is InChI=1S/C13H20N2O2S/c1-10(6-7-16)18-9-8-17-12-4-2-11(3-5-12)13(14)15/h2-5,10,16H,6-9H2,1H3,(H3,14,15). The number of amidine groups is 1. The molecule has 1 rings (SSSR count). The Kier molecular flexibility index (Phi) is 6.60. The van der Waals surface area contributed by atoms with E-state index in [1.807, 2.05) is 12.1 Å². The molecule has 4 N–H and O–H groups in total. The zero-order chi connectivity index (χ0) is 13.4. The quantitative estimate of drug-likeness (QED) is 0.382. The molecule has 0 saturated heterocycles. The highest BCUT2D eigenvalue weighted by molar-refractivity contribution is 7.99. The molecule has 0 radical (unpaired) electrons. The van der Waals surface area contributed by atoms with E-state index in [-0.39, 0.29) is 12.4 Å². The molecule has 0 aromatic heterocycles. The minimum atomic E-state index is 0.0648. The van der Waals surface area contributed by atoms with Crippen LogP contribution in [0.25, 0.3) is 0 Å². The first kappa shape index (κ1) is 14.9. The number of rotatable bonds is 8. The van der Waals surface area contributed by atoms with Crippen LogP contribution in [0.15, 0.2) is 24.3 Å². The van der Waals surface area contributed by atoms with Crippen molar-refractivity contribution in [2.45, 2.75) is 18.6 Å². The number of nitrogens with one attached hydrogen (secondary N) is 1. The van der Waals surface area contributed by atoms with Crippen LogP contribution < -0.4 is 10.5 Å². The third-order valence-electron chi connectivity index (χ3n) is 2.46. The Bertz CT molecular complexity index is 368. The van der Waals surface area contributed by atoms with Crippen molar-refractivity contribution in [3.8, 4) is 5.75 Å². The van der Waals surface area contributed by atoms with Gasteiger partial charge in [0.2, 0.25) is 0 Å². The van der Waals surface area contributed by atoms with E-state index < -0.39 is 0 Å². The molecule has 1 atom stereocenters. The molecule has 100 valence electrons. The van der Waals surface area contributed by atoms with Crippen molar-refractivity contribution >= 4 is 17.6 Å². The molecule has 0 aliphatic carbocycles. The van der Waals surface area contributed by atoms with Crippen molar-refractivity contribution in [2.75, 3.05) is 19.0 Å². The summed E-state index contributed by atoms with van der Waals surface area (Å²) in [6.45, 7) is 2.98. The normalized spacial score (nSPS) is 12.1. The van der Waals surface area contributed by atoms with Gasteiger partial charge in [0.05, 0.1) is 6.61 Å². The topological polar surface area (TPSA) is 79.3 Å². The van der Waals surface area contributed by atoms with Crippen LogP contribution >= 0.6 is 11.8 Å². The minimum absolute atomic E-state index is 0.0648. The zero-order valence-electron chi connectivity index (χ0n) is 10.6. The number of benzene rings is 1. The van der Waals surface area contributed by atoms with Gasteiger partial charge < -0.3 is 15.6 Å². The highest BCUT2D eigenvalue weighted by Crippen LogP contribution is 2.15. The molecule has 0 heterocycles.